The summed E-state index contributed by atoms with van der Waals surface area (Å²) in [6, 6.07) is 6.40. The van der Waals surface area contributed by atoms with Crippen LogP contribution in [0, 0.1) is 22.6 Å². The van der Waals surface area contributed by atoms with E-state index in [0.29, 0.717) is 12.3 Å². The van der Waals surface area contributed by atoms with Gasteiger partial charge in [0, 0.05) is 0 Å². The summed E-state index contributed by atoms with van der Waals surface area (Å²) in [5.74, 6) is 0.0929. The molecule has 1 nitrogen and oxygen atoms in total. The third kappa shape index (κ3) is 1.99. The Bertz CT molecular complexity index is 391. The van der Waals surface area contributed by atoms with Crippen LogP contribution in [0.15, 0.2) is 24.3 Å². The van der Waals surface area contributed by atoms with Crippen LogP contribution in [0.25, 0.3) is 0 Å². The molecule has 17 heavy (non-hydrogen) atoms. The first kappa shape index (κ1) is 12.6. The van der Waals surface area contributed by atoms with E-state index < -0.39 is 0 Å². The molecule has 0 radical (unpaired) electrons. The van der Waals surface area contributed by atoms with Gasteiger partial charge in [-0.2, -0.15) is 0 Å². The molecule has 0 amide bonds. The van der Waals surface area contributed by atoms with Crippen LogP contribution in [0.2, 0.25) is 0 Å². The molecule has 0 heterocycles. The van der Waals surface area contributed by atoms with E-state index in [4.69, 9.17) is 0 Å². The first-order chi connectivity index (χ1) is 7.76. The van der Waals surface area contributed by atoms with E-state index in [9.17, 15) is 9.50 Å². The molecule has 0 aromatic heterocycles. The zero-order valence-corrected chi connectivity index (χ0v) is 11.0. The second-order valence-corrected chi connectivity index (χ2v) is 6.32. The van der Waals surface area contributed by atoms with E-state index in [1.165, 1.54) is 12.1 Å². The lowest BCUT2D eigenvalue weighted by Crippen LogP contribution is -2.17. The third-order valence-electron chi connectivity index (χ3n) is 4.88. The number of aliphatic hydroxyl groups is 1. The highest BCUT2D eigenvalue weighted by molar-refractivity contribution is 5.21. The topological polar surface area (TPSA) is 20.2 Å². The number of benzene rings is 1. The predicted molar refractivity (Wildman–Crippen MR) is 67.2 cm³/mol. The molecule has 0 aliphatic heterocycles. The molecule has 1 fully saturated rings. The minimum absolute atomic E-state index is 0.187. The van der Waals surface area contributed by atoms with E-state index in [1.54, 1.807) is 12.1 Å². The van der Waals surface area contributed by atoms with Crippen molar-refractivity contribution in [3.8, 4) is 0 Å². The lowest BCUT2D eigenvalue weighted by molar-refractivity contribution is 0.129. The molecule has 0 bridgehead atoms. The zero-order chi connectivity index (χ0) is 12.8. The van der Waals surface area contributed by atoms with Gasteiger partial charge in [-0.05, 0) is 40.9 Å². The van der Waals surface area contributed by atoms with Gasteiger partial charge in [-0.1, -0.05) is 39.8 Å². The molecular weight excluding hydrogens is 215 g/mol. The fourth-order valence-electron chi connectivity index (χ4n) is 3.19. The Labute approximate surface area is 103 Å². The van der Waals surface area contributed by atoms with Gasteiger partial charge in [0.25, 0.3) is 0 Å². The molecule has 1 aromatic rings. The van der Waals surface area contributed by atoms with Gasteiger partial charge in [-0.15, -0.1) is 0 Å². The van der Waals surface area contributed by atoms with Crippen molar-refractivity contribution >= 4 is 0 Å². The Kier molecular flexibility index (Phi) is 2.81. The first-order valence-corrected chi connectivity index (χ1v) is 6.19. The van der Waals surface area contributed by atoms with Crippen LogP contribution >= 0.6 is 0 Å². The number of hydrogen-bond donors (Lipinski definition) is 1. The lowest BCUT2D eigenvalue weighted by Gasteiger charge is -2.12. The van der Waals surface area contributed by atoms with Crippen LogP contribution < -0.4 is 0 Å². The average molecular weight is 236 g/mol. The maximum atomic E-state index is 12.8. The van der Waals surface area contributed by atoms with E-state index in [2.05, 4.69) is 27.7 Å². The third-order valence-corrected chi connectivity index (χ3v) is 4.88. The molecule has 1 N–H and O–H groups in total. The van der Waals surface area contributed by atoms with Crippen molar-refractivity contribution in [2.45, 2.75) is 40.2 Å². The molecule has 94 valence electrons. The van der Waals surface area contributed by atoms with Crippen LogP contribution in [0.4, 0.5) is 4.39 Å². The summed E-state index contributed by atoms with van der Waals surface area (Å²) in [5, 5.41) is 10.3. The molecular formula is C15H21FO. The van der Waals surface area contributed by atoms with Crippen LogP contribution in [0.5, 0.6) is 0 Å². The summed E-state index contributed by atoms with van der Waals surface area (Å²) in [5.41, 5.74) is 1.37. The number of aliphatic hydroxyl groups excluding tert-OH is 1. The van der Waals surface area contributed by atoms with Gasteiger partial charge in [0.1, 0.15) is 5.82 Å². The molecule has 1 unspecified atom stereocenters. The van der Waals surface area contributed by atoms with Crippen LogP contribution in [0.1, 0.15) is 33.3 Å². The Hall–Kier alpha value is -0.890. The molecule has 1 aliphatic rings. The number of hydrogen-bond acceptors (Lipinski definition) is 1. The molecule has 2 rings (SSSR count). The fraction of sp³-hybridized carbons (Fsp3) is 0.600. The minimum atomic E-state index is -0.342. The van der Waals surface area contributed by atoms with E-state index in [1.807, 2.05) is 0 Å². The van der Waals surface area contributed by atoms with Crippen LogP contribution in [0.3, 0.4) is 0 Å². The Morgan fingerprint density at radius 1 is 1.12 bits per heavy atom. The highest BCUT2D eigenvalue weighted by Crippen LogP contribution is 2.69. The van der Waals surface area contributed by atoms with Gasteiger partial charge in [0.2, 0.25) is 0 Å². The molecule has 1 aromatic carbocycles. The first-order valence-electron chi connectivity index (χ1n) is 6.19. The van der Waals surface area contributed by atoms with E-state index in [0.717, 1.165) is 5.56 Å². The molecule has 1 saturated carbocycles. The summed E-state index contributed by atoms with van der Waals surface area (Å²) in [4.78, 5) is 0. The van der Waals surface area contributed by atoms with Gasteiger partial charge in [0.05, 0.1) is 6.10 Å². The highest BCUT2D eigenvalue weighted by Gasteiger charge is 2.66. The Balaban J connectivity index is 2.04. The van der Waals surface area contributed by atoms with Gasteiger partial charge >= 0.3 is 0 Å². The normalized spacial score (nSPS) is 23.4. The second-order valence-electron chi connectivity index (χ2n) is 6.32. The number of halogens is 1. The number of rotatable bonds is 3. The summed E-state index contributed by atoms with van der Waals surface area (Å²) in [6.45, 7) is 8.80. The van der Waals surface area contributed by atoms with Crippen molar-refractivity contribution in [3.05, 3.63) is 35.6 Å². The zero-order valence-electron chi connectivity index (χ0n) is 11.0. The van der Waals surface area contributed by atoms with Gasteiger partial charge < -0.3 is 5.11 Å². The smallest absolute Gasteiger partial charge is 0.123 e. The van der Waals surface area contributed by atoms with Gasteiger partial charge in [-0.25, -0.2) is 4.39 Å². The quantitative estimate of drug-likeness (QED) is 0.852. The van der Waals surface area contributed by atoms with Crippen molar-refractivity contribution in [2.75, 3.05) is 0 Å². The van der Waals surface area contributed by atoms with E-state index in [-0.39, 0.29) is 22.8 Å². The molecule has 1 aliphatic carbocycles. The van der Waals surface area contributed by atoms with Crippen molar-refractivity contribution < 1.29 is 9.50 Å². The van der Waals surface area contributed by atoms with Crippen molar-refractivity contribution in [1.82, 2.24) is 0 Å². The maximum Gasteiger partial charge on any atom is 0.123 e. The van der Waals surface area contributed by atoms with Crippen LogP contribution in [-0.4, -0.2) is 11.2 Å². The summed E-state index contributed by atoms with van der Waals surface area (Å²) in [6.07, 6.45) is 0.267. The molecule has 0 spiro atoms. The van der Waals surface area contributed by atoms with Crippen LogP contribution in [-0.2, 0) is 6.42 Å². The lowest BCUT2D eigenvalue weighted by atomic mass is 9.99. The molecule has 1 atom stereocenters. The average Bonchev–Trinajstić information content (AvgIpc) is 2.61. The van der Waals surface area contributed by atoms with Crippen molar-refractivity contribution in [1.29, 1.82) is 0 Å². The predicted octanol–water partition coefficient (Wildman–Crippen LogP) is 3.41. The van der Waals surface area contributed by atoms with Crippen molar-refractivity contribution in [3.63, 3.8) is 0 Å². The standard InChI is InChI=1S/C15H21FO/c1-14(2)13(15(14,3)4)12(17)9-10-5-7-11(16)8-6-10/h5-8,12-13,17H,9H2,1-4H3. The summed E-state index contributed by atoms with van der Waals surface area (Å²) >= 11 is 0. The van der Waals surface area contributed by atoms with Crippen molar-refractivity contribution in [2.24, 2.45) is 16.7 Å². The van der Waals surface area contributed by atoms with E-state index >= 15 is 0 Å². The SMILES string of the molecule is CC1(C)C(C(O)Cc2ccc(F)cc2)C1(C)C. The fourth-order valence-corrected chi connectivity index (χ4v) is 3.19. The maximum absolute atomic E-state index is 12.8. The Morgan fingerprint density at radius 3 is 2.00 bits per heavy atom. The Morgan fingerprint density at radius 2 is 1.59 bits per heavy atom. The largest absolute Gasteiger partial charge is 0.392 e. The summed E-state index contributed by atoms with van der Waals surface area (Å²) < 4.78 is 12.8. The molecule has 2 heteroatoms. The monoisotopic (exact) mass is 236 g/mol. The second kappa shape index (κ2) is 3.81. The van der Waals surface area contributed by atoms with Gasteiger partial charge in [-0.3, -0.25) is 0 Å². The molecule has 0 saturated heterocycles. The highest BCUT2D eigenvalue weighted by atomic mass is 19.1. The minimum Gasteiger partial charge on any atom is -0.392 e. The summed E-state index contributed by atoms with van der Waals surface area (Å²) in [7, 11) is 0. The van der Waals surface area contributed by atoms with Gasteiger partial charge in [0.15, 0.2) is 0 Å².